The standard InChI is InChI=1S/C15H21BrN4S/c1-11(2)20-7-6-13(19-20)9-14(18-17)10-21-15-5-3-4-12(16)8-15/h3-8,11,14,18H,9-10,17H2,1-2H3. The van der Waals surface area contributed by atoms with Crippen LogP contribution >= 0.6 is 27.7 Å². The van der Waals surface area contributed by atoms with E-state index in [0.29, 0.717) is 6.04 Å². The molecule has 114 valence electrons. The molecule has 1 heterocycles. The summed E-state index contributed by atoms with van der Waals surface area (Å²) in [5, 5.41) is 4.57. The topological polar surface area (TPSA) is 55.9 Å². The zero-order valence-corrected chi connectivity index (χ0v) is 14.7. The second-order valence-electron chi connectivity index (χ2n) is 5.22. The highest BCUT2D eigenvalue weighted by Crippen LogP contribution is 2.23. The lowest BCUT2D eigenvalue weighted by Gasteiger charge is -2.14. The normalized spacial score (nSPS) is 12.8. The Bertz CT molecular complexity index is 570. The number of thioether (sulfide) groups is 1. The molecule has 0 aliphatic rings. The average Bonchev–Trinajstić information content (AvgIpc) is 2.92. The Morgan fingerprint density at radius 3 is 2.81 bits per heavy atom. The van der Waals surface area contributed by atoms with Gasteiger partial charge in [-0.15, -0.1) is 11.8 Å². The van der Waals surface area contributed by atoms with Crippen LogP contribution in [0.4, 0.5) is 0 Å². The third kappa shape index (κ3) is 5.14. The number of benzene rings is 1. The van der Waals surface area contributed by atoms with E-state index in [2.05, 4.69) is 58.5 Å². The van der Waals surface area contributed by atoms with E-state index in [-0.39, 0.29) is 6.04 Å². The molecule has 1 atom stereocenters. The molecule has 21 heavy (non-hydrogen) atoms. The number of aromatic nitrogens is 2. The molecule has 2 aromatic rings. The maximum atomic E-state index is 5.67. The molecule has 1 aromatic carbocycles. The van der Waals surface area contributed by atoms with Crippen LogP contribution in [0.15, 0.2) is 45.9 Å². The van der Waals surface area contributed by atoms with Crippen molar-refractivity contribution in [2.24, 2.45) is 5.84 Å². The predicted molar refractivity (Wildman–Crippen MR) is 92.3 cm³/mol. The second-order valence-corrected chi connectivity index (χ2v) is 7.23. The van der Waals surface area contributed by atoms with Crippen molar-refractivity contribution in [1.29, 1.82) is 0 Å². The molecule has 1 unspecified atom stereocenters. The molecule has 0 radical (unpaired) electrons. The summed E-state index contributed by atoms with van der Waals surface area (Å²) in [7, 11) is 0. The lowest BCUT2D eigenvalue weighted by molar-refractivity contribution is 0.513. The molecule has 0 aliphatic carbocycles. The minimum atomic E-state index is 0.199. The van der Waals surface area contributed by atoms with Gasteiger partial charge in [-0.25, -0.2) is 0 Å². The summed E-state index contributed by atoms with van der Waals surface area (Å²) in [6, 6.07) is 10.9. The Balaban J connectivity index is 1.90. The van der Waals surface area contributed by atoms with E-state index in [9.17, 15) is 0 Å². The summed E-state index contributed by atoms with van der Waals surface area (Å²) in [5.74, 6) is 6.58. The number of halogens is 1. The maximum Gasteiger partial charge on any atom is 0.0641 e. The molecule has 1 aromatic heterocycles. The average molecular weight is 369 g/mol. The fourth-order valence-electron chi connectivity index (χ4n) is 1.95. The lowest BCUT2D eigenvalue weighted by atomic mass is 10.2. The molecule has 0 aliphatic heterocycles. The molecule has 0 saturated carbocycles. The van der Waals surface area contributed by atoms with Gasteiger partial charge in [0.25, 0.3) is 0 Å². The van der Waals surface area contributed by atoms with Crippen molar-refractivity contribution in [3.63, 3.8) is 0 Å². The first-order chi connectivity index (χ1) is 10.1. The Kier molecular flexibility index (Phi) is 6.29. The van der Waals surface area contributed by atoms with Crippen LogP contribution in [-0.2, 0) is 6.42 Å². The molecular weight excluding hydrogens is 348 g/mol. The van der Waals surface area contributed by atoms with Crippen LogP contribution in [-0.4, -0.2) is 21.6 Å². The quantitative estimate of drug-likeness (QED) is 0.446. The van der Waals surface area contributed by atoms with E-state index < -0.39 is 0 Å². The van der Waals surface area contributed by atoms with Gasteiger partial charge in [0.15, 0.2) is 0 Å². The van der Waals surface area contributed by atoms with Crippen LogP contribution in [0.5, 0.6) is 0 Å². The van der Waals surface area contributed by atoms with Crippen molar-refractivity contribution in [1.82, 2.24) is 15.2 Å². The molecule has 0 fully saturated rings. The fraction of sp³-hybridized carbons (Fsp3) is 0.400. The van der Waals surface area contributed by atoms with E-state index >= 15 is 0 Å². The number of hydrazine groups is 1. The van der Waals surface area contributed by atoms with E-state index in [1.54, 1.807) is 11.8 Å². The first kappa shape index (κ1) is 16.5. The first-order valence-corrected chi connectivity index (χ1v) is 8.75. The third-order valence-electron chi connectivity index (χ3n) is 3.13. The van der Waals surface area contributed by atoms with Gasteiger partial charge < -0.3 is 0 Å². The Hall–Kier alpha value is -0.820. The van der Waals surface area contributed by atoms with Crippen molar-refractivity contribution < 1.29 is 0 Å². The number of rotatable bonds is 7. The van der Waals surface area contributed by atoms with Crippen molar-refractivity contribution in [2.75, 3.05) is 5.75 Å². The van der Waals surface area contributed by atoms with Gasteiger partial charge in [-0.2, -0.15) is 5.10 Å². The van der Waals surface area contributed by atoms with E-state index in [4.69, 9.17) is 5.84 Å². The van der Waals surface area contributed by atoms with Gasteiger partial charge in [-0.1, -0.05) is 22.0 Å². The van der Waals surface area contributed by atoms with Crippen LogP contribution in [0, 0.1) is 0 Å². The highest BCUT2D eigenvalue weighted by Gasteiger charge is 2.11. The fourth-order valence-corrected chi connectivity index (χ4v) is 3.49. The summed E-state index contributed by atoms with van der Waals surface area (Å²) >= 11 is 5.28. The Morgan fingerprint density at radius 2 is 2.19 bits per heavy atom. The van der Waals surface area contributed by atoms with Crippen molar-refractivity contribution >= 4 is 27.7 Å². The Labute approximate surface area is 138 Å². The molecule has 0 spiro atoms. The monoisotopic (exact) mass is 368 g/mol. The van der Waals surface area contributed by atoms with Gasteiger partial charge >= 0.3 is 0 Å². The predicted octanol–water partition coefficient (Wildman–Crippen LogP) is 3.39. The number of nitrogens with one attached hydrogen (secondary N) is 1. The smallest absolute Gasteiger partial charge is 0.0641 e. The second kappa shape index (κ2) is 7.98. The van der Waals surface area contributed by atoms with Gasteiger partial charge in [0.1, 0.15) is 0 Å². The number of nitrogens with two attached hydrogens (primary N) is 1. The number of hydrogen-bond donors (Lipinski definition) is 2. The SMILES string of the molecule is CC(C)n1ccc(CC(CSc2cccc(Br)c2)NN)n1. The summed E-state index contributed by atoms with van der Waals surface area (Å²) in [6.45, 7) is 4.25. The van der Waals surface area contributed by atoms with E-state index in [1.807, 2.05) is 23.0 Å². The van der Waals surface area contributed by atoms with Crippen LogP contribution in [0.2, 0.25) is 0 Å². The molecule has 3 N–H and O–H groups in total. The van der Waals surface area contributed by atoms with E-state index in [1.165, 1.54) is 4.90 Å². The lowest BCUT2D eigenvalue weighted by Crippen LogP contribution is -2.38. The molecule has 4 nitrogen and oxygen atoms in total. The first-order valence-electron chi connectivity index (χ1n) is 6.97. The molecule has 6 heteroatoms. The van der Waals surface area contributed by atoms with Gasteiger partial charge in [0.05, 0.1) is 5.69 Å². The van der Waals surface area contributed by atoms with Gasteiger partial charge in [-0.3, -0.25) is 16.0 Å². The number of hydrogen-bond acceptors (Lipinski definition) is 4. The summed E-state index contributed by atoms with van der Waals surface area (Å²) in [4.78, 5) is 1.23. The van der Waals surface area contributed by atoms with Gasteiger partial charge in [-0.05, 0) is 38.1 Å². The van der Waals surface area contributed by atoms with Gasteiger partial charge in [0.2, 0.25) is 0 Å². The van der Waals surface area contributed by atoms with Crippen molar-refractivity contribution in [3.05, 3.63) is 46.7 Å². The van der Waals surface area contributed by atoms with Crippen LogP contribution in [0.25, 0.3) is 0 Å². The number of nitrogens with zero attached hydrogens (tertiary/aromatic N) is 2. The summed E-state index contributed by atoms with van der Waals surface area (Å²) in [5.41, 5.74) is 3.96. The molecule has 0 bridgehead atoms. The van der Waals surface area contributed by atoms with E-state index in [0.717, 1.165) is 22.3 Å². The minimum Gasteiger partial charge on any atom is -0.271 e. The summed E-state index contributed by atoms with van der Waals surface area (Å²) < 4.78 is 3.07. The molecule has 0 amide bonds. The van der Waals surface area contributed by atoms with Gasteiger partial charge in [0, 0.05) is 39.8 Å². The highest BCUT2D eigenvalue weighted by atomic mass is 79.9. The molecular formula is C15H21BrN4S. The Morgan fingerprint density at radius 1 is 1.38 bits per heavy atom. The maximum absolute atomic E-state index is 5.67. The molecule has 0 saturated heterocycles. The molecule has 2 rings (SSSR count). The zero-order valence-electron chi connectivity index (χ0n) is 12.3. The largest absolute Gasteiger partial charge is 0.271 e. The van der Waals surface area contributed by atoms with Crippen LogP contribution in [0.1, 0.15) is 25.6 Å². The van der Waals surface area contributed by atoms with Crippen molar-refractivity contribution in [3.8, 4) is 0 Å². The summed E-state index contributed by atoms with van der Waals surface area (Å²) in [6.07, 6.45) is 2.85. The minimum absolute atomic E-state index is 0.199. The van der Waals surface area contributed by atoms with Crippen molar-refractivity contribution in [2.45, 2.75) is 37.2 Å². The highest BCUT2D eigenvalue weighted by molar-refractivity contribution is 9.10. The zero-order chi connectivity index (χ0) is 15.2. The third-order valence-corrected chi connectivity index (χ3v) is 4.78. The van der Waals surface area contributed by atoms with Crippen LogP contribution < -0.4 is 11.3 Å². The van der Waals surface area contributed by atoms with Crippen LogP contribution in [0.3, 0.4) is 0 Å².